The summed E-state index contributed by atoms with van der Waals surface area (Å²) in [4.78, 5) is 1.40. The molecule has 1 spiro atoms. The van der Waals surface area contributed by atoms with Crippen molar-refractivity contribution in [1.82, 2.24) is 0 Å². The number of hydrogen-bond donors (Lipinski definition) is 0. The van der Waals surface area contributed by atoms with Crippen LogP contribution in [0.5, 0.6) is 0 Å². The smallest absolute Gasteiger partial charge is 0.0734 e. The first-order valence-electron chi connectivity index (χ1n) is 16.7. The molecule has 1 atom stereocenters. The molecule has 11 rings (SSSR count). The largest absolute Gasteiger partial charge is 0.143 e. The lowest BCUT2D eigenvalue weighted by atomic mass is 9.71. The summed E-state index contributed by atoms with van der Waals surface area (Å²) < 4.78 is 0. The summed E-state index contributed by atoms with van der Waals surface area (Å²) in [5.74, 6) is 0. The SMILES string of the molecule is c1ccc2c(c1)-c1sccc1C21c2ccccc2-c2c(-c3c4ccccc4c(-c4cccc5ccccc45)c4ccccc34)cccc21. The molecule has 8 aromatic carbocycles. The van der Waals surface area contributed by atoms with Crippen molar-refractivity contribution in [2.45, 2.75) is 5.41 Å². The van der Waals surface area contributed by atoms with Crippen molar-refractivity contribution in [2.75, 3.05) is 0 Å². The highest BCUT2D eigenvalue weighted by Crippen LogP contribution is 2.65. The minimum absolute atomic E-state index is 0.331. The third kappa shape index (κ3) is 3.20. The first-order chi connectivity index (χ1) is 23.9. The summed E-state index contributed by atoms with van der Waals surface area (Å²) in [6.07, 6.45) is 0. The van der Waals surface area contributed by atoms with E-state index in [-0.39, 0.29) is 5.41 Å². The minimum Gasteiger partial charge on any atom is -0.143 e. The van der Waals surface area contributed by atoms with Gasteiger partial charge in [-0.05, 0) is 105 Å². The average molecular weight is 625 g/mol. The van der Waals surface area contributed by atoms with Gasteiger partial charge in [-0.15, -0.1) is 11.3 Å². The second-order valence-electron chi connectivity index (χ2n) is 13.1. The lowest BCUT2D eigenvalue weighted by molar-refractivity contribution is 0.796. The number of hydrogen-bond acceptors (Lipinski definition) is 1. The van der Waals surface area contributed by atoms with Gasteiger partial charge < -0.3 is 0 Å². The van der Waals surface area contributed by atoms with Gasteiger partial charge in [0.25, 0.3) is 0 Å². The van der Waals surface area contributed by atoms with Crippen molar-refractivity contribution >= 4 is 43.7 Å². The Morgan fingerprint density at radius 3 is 1.52 bits per heavy atom. The quantitative estimate of drug-likeness (QED) is 0.168. The van der Waals surface area contributed by atoms with Crippen molar-refractivity contribution in [3.63, 3.8) is 0 Å². The second kappa shape index (κ2) is 9.64. The maximum Gasteiger partial charge on any atom is 0.0734 e. The van der Waals surface area contributed by atoms with Gasteiger partial charge in [-0.1, -0.05) is 158 Å². The Morgan fingerprint density at radius 2 is 0.792 bits per heavy atom. The lowest BCUT2D eigenvalue weighted by Gasteiger charge is -2.30. The van der Waals surface area contributed by atoms with E-state index in [0.717, 1.165) is 0 Å². The molecule has 1 heterocycles. The van der Waals surface area contributed by atoms with E-state index in [0.29, 0.717) is 0 Å². The summed E-state index contributed by atoms with van der Waals surface area (Å²) in [6.45, 7) is 0. The Kier molecular flexibility index (Phi) is 5.29. The van der Waals surface area contributed by atoms with Gasteiger partial charge in [-0.3, -0.25) is 0 Å². The Labute approximate surface area is 283 Å². The van der Waals surface area contributed by atoms with Gasteiger partial charge in [0, 0.05) is 4.88 Å². The number of benzene rings is 8. The van der Waals surface area contributed by atoms with Crippen molar-refractivity contribution in [3.8, 4) is 43.8 Å². The van der Waals surface area contributed by atoms with E-state index in [1.807, 2.05) is 11.3 Å². The number of thiophene rings is 1. The van der Waals surface area contributed by atoms with E-state index in [2.05, 4.69) is 169 Å². The number of rotatable bonds is 2. The summed E-state index contributed by atoms with van der Waals surface area (Å²) in [7, 11) is 0. The molecular weight excluding hydrogens is 597 g/mol. The van der Waals surface area contributed by atoms with Crippen LogP contribution in [0.1, 0.15) is 22.3 Å². The third-order valence-corrected chi connectivity index (χ3v) is 11.9. The molecule has 0 saturated heterocycles. The Bertz CT molecular complexity index is 2730. The summed E-state index contributed by atoms with van der Waals surface area (Å²) in [5, 5.41) is 9.97. The third-order valence-electron chi connectivity index (χ3n) is 11.0. The molecule has 0 saturated carbocycles. The molecule has 1 aromatic heterocycles. The van der Waals surface area contributed by atoms with Gasteiger partial charge in [-0.2, -0.15) is 0 Å². The van der Waals surface area contributed by atoms with Crippen LogP contribution in [-0.2, 0) is 5.41 Å². The molecular formula is C47H28S. The van der Waals surface area contributed by atoms with Gasteiger partial charge in [0.15, 0.2) is 0 Å². The Balaban J connectivity index is 1.30. The van der Waals surface area contributed by atoms with Crippen LogP contribution in [-0.4, -0.2) is 0 Å². The standard InChI is InChI=1S/C47H28S/c1-2-15-30-29(13-1)14-11-22-31(30)43-32-16-3-5-18-34(32)44(35-19-6-4-17-33(35)43)38-23-12-26-41-45(38)36-20-7-9-24-39(36)47(41)40-25-10-8-21-37(40)46-42(47)27-28-48-46/h1-28H. The van der Waals surface area contributed by atoms with Crippen molar-refractivity contribution in [2.24, 2.45) is 0 Å². The van der Waals surface area contributed by atoms with Crippen LogP contribution >= 0.6 is 11.3 Å². The van der Waals surface area contributed by atoms with E-state index in [1.165, 1.54) is 98.4 Å². The molecule has 0 radical (unpaired) electrons. The van der Waals surface area contributed by atoms with Crippen LogP contribution in [0.2, 0.25) is 0 Å². The molecule has 2 aliphatic carbocycles. The minimum atomic E-state index is -0.331. The molecule has 0 amide bonds. The highest BCUT2D eigenvalue weighted by Gasteiger charge is 2.52. The maximum atomic E-state index is 2.40. The molecule has 0 aliphatic heterocycles. The van der Waals surface area contributed by atoms with Crippen LogP contribution in [0, 0.1) is 0 Å². The molecule has 0 N–H and O–H groups in total. The predicted molar refractivity (Wildman–Crippen MR) is 204 cm³/mol. The van der Waals surface area contributed by atoms with E-state index in [4.69, 9.17) is 0 Å². The summed E-state index contributed by atoms with van der Waals surface area (Å²) in [5.41, 5.74) is 14.5. The molecule has 222 valence electrons. The summed E-state index contributed by atoms with van der Waals surface area (Å²) >= 11 is 1.87. The van der Waals surface area contributed by atoms with Gasteiger partial charge in [-0.25, -0.2) is 0 Å². The Morgan fingerprint density at radius 1 is 0.312 bits per heavy atom. The topological polar surface area (TPSA) is 0 Å². The fourth-order valence-electron chi connectivity index (χ4n) is 9.24. The number of fused-ring (bicyclic) bond motifs is 13. The zero-order valence-electron chi connectivity index (χ0n) is 26.1. The van der Waals surface area contributed by atoms with Crippen LogP contribution < -0.4 is 0 Å². The fraction of sp³-hybridized carbons (Fsp3) is 0.0213. The zero-order chi connectivity index (χ0) is 31.4. The predicted octanol–water partition coefficient (Wildman–Crippen LogP) is 12.9. The maximum absolute atomic E-state index is 2.40. The van der Waals surface area contributed by atoms with Gasteiger partial charge in [0.1, 0.15) is 0 Å². The monoisotopic (exact) mass is 624 g/mol. The summed E-state index contributed by atoms with van der Waals surface area (Å²) in [6, 6.07) is 61.3. The van der Waals surface area contributed by atoms with E-state index in [1.54, 1.807) is 0 Å². The highest BCUT2D eigenvalue weighted by atomic mass is 32.1. The van der Waals surface area contributed by atoms with Crippen LogP contribution in [0.3, 0.4) is 0 Å². The van der Waals surface area contributed by atoms with E-state index in [9.17, 15) is 0 Å². The molecule has 48 heavy (non-hydrogen) atoms. The Hall–Kier alpha value is -5.76. The van der Waals surface area contributed by atoms with Crippen molar-refractivity contribution < 1.29 is 0 Å². The molecule has 0 bridgehead atoms. The van der Waals surface area contributed by atoms with Crippen molar-refractivity contribution in [1.29, 1.82) is 0 Å². The molecule has 0 nitrogen and oxygen atoms in total. The van der Waals surface area contributed by atoms with E-state index >= 15 is 0 Å². The van der Waals surface area contributed by atoms with Gasteiger partial charge >= 0.3 is 0 Å². The fourth-order valence-corrected chi connectivity index (χ4v) is 10.2. The van der Waals surface area contributed by atoms with Crippen LogP contribution in [0.25, 0.3) is 76.1 Å². The first-order valence-corrected chi connectivity index (χ1v) is 17.6. The highest BCUT2D eigenvalue weighted by molar-refractivity contribution is 7.14. The molecule has 2 aliphatic rings. The van der Waals surface area contributed by atoms with Gasteiger partial charge in [0.2, 0.25) is 0 Å². The molecule has 1 unspecified atom stereocenters. The molecule has 9 aromatic rings. The van der Waals surface area contributed by atoms with Crippen LogP contribution in [0.4, 0.5) is 0 Å². The first kappa shape index (κ1) is 26.3. The van der Waals surface area contributed by atoms with E-state index < -0.39 is 0 Å². The molecule has 0 fully saturated rings. The van der Waals surface area contributed by atoms with Gasteiger partial charge in [0.05, 0.1) is 5.41 Å². The van der Waals surface area contributed by atoms with Crippen molar-refractivity contribution in [3.05, 3.63) is 191 Å². The molecule has 1 heteroatoms. The lowest BCUT2D eigenvalue weighted by Crippen LogP contribution is -2.25. The normalized spacial score (nSPS) is 15.6. The average Bonchev–Trinajstić information content (AvgIpc) is 3.83. The zero-order valence-corrected chi connectivity index (χ0v) is 26.9. The second-order valence-corrected chi connectivity index (χ2v) is 14.0. The van der Waals surface area contributed by atoms with Crippen LogP contribution in [0.15, 0.2) is 169 Å².